The summed E-state index contributed by atoms with van der Waals surface area (Å²) in [5, 5.41) is 15.5. The Bertz CT molecular complexity index is 1620. The first-order chi connectivity index (χ1) is 20.6. The summed E-state index contributed by atoms with van der Waals surface area (Å²) in [6.45, 7) is 9.46. The van der Waals surface area contributed by atoms with E-state index in [1.54, 1.807) is 37.4 Å². The molecule has 0 aliphatic rings. The lowest BCUT2D eigenvalue weighted by Gasteiger charge is -2.25. The summed E-state index contributed by atoms with van der Waals surface area (Å²) < 4.78 is 20.0. The van der Waals surface area contributed by atoms with E-state index < -0.39 is 17.8 Å². The van der Waals surface area contributed by atoms with Gasteiger partial charge in [0.15, 0.2) is 0 Å². The highest BCUT2D eigenvalue weighted by atomic mass is 19.1. The number of aliphatic carboxylic acids is 1. The quantitative estimate of drug-likeness (QED) is 0.169. The molecule has 0 spiro atoms. The maximum Gasteiger partial charge on any atom is 0.305 e. The Balaban J connectivity index is 1.87. The molecule has 0 aliphatic carbocycles. The number of carbonyl (C=O) groups is 3. The third-order valence-electron chi connectivity index (χ3n) is 7.42. The van der Waals surface area contributed by atoms with Crippen LogP contribution in [0, 0.1) is 11.7 Å². The van der Waals surface area contributed by atoms with Gasteiger partial charge in [-0.2, -0.15) is 0 Å². The number of benzene rings is 3. The molecule has 1 unspecified atom stereocenters. The molecular formula is C34H38FN3O5. The minimum absolute atomic E-state index is 0.161. The van der Waals surface area contributed by atoms with E-state index in [1.165, 1.54) is 12.1 Å². The van der Waals surface area contributed by atoms with E-state index in [9.17, 15) is 23.9 Å². The minimum Gasteiger partial charge on any atom is -0.481 e. The number of hydrogen-bond donors (Lipinski definition) is 3. The molecule has 1 heterocycles. The Kier molecular flexibility index (Phi) is 9.85. The lowest BCUT2D eigenvalue weighted by Crippen LogP contribution is -2.37. The van der Waals surface area contributed by atoms with Crippen molar-refractivity contribution in [2.75, 3.05) is 25.0 Å². The van der Waals surface area contributed by atoms with Gasteiger partial charge in [-0.05, 0) is 74.2 Å². The molecule has 0 radical (unpaired) electrons. The van der Waals surface area contributed by atoms with Gasteiger partial charge in [0, 0.05) is 60.0 Å². The third kappa shape index (κ3) is 7.05. The van der Waals surface area contributed by atoms with E-state index in [-0.39, 0.29) is 24.2 Å². The Labute approximate surface area is 250 Å². The molecule has 0 fully saturated rings. The minimum atomic E-state index is -0.969. The molecule has 2 amide bonds. The summed E-state index contributed by atoms with van der Waals surface area (Å²) in [6, 6.07) is 16.2. The van der Waals surface area contributed by atoms with Gasteiger partial charge >= 0.3 is 5.97 Å². The first-order valence-electron chi connectivity index (χ1n) is 14.5. The van der Waals surface area contributed by atoms with Crippen LogP contribution in [0.2, 0.25) is 0 Å². The molecule has 0 bridgehead atoms. The molecule has 4 aromatic rings. The zero-order valence-corrected chi connectivity index (χ0v) is 25.2. The maximum absolute atomic E-state index is 13.7. The van der Waals surface area contributed by atoms with Gasteiger partial charge in [-0.1, -0.05) is 26.0 Å². The van der Waals surface area contributed by atoms with Crippen LogP contribution in [-0.4, -0.2) is 49.1 Å². The summed E-state index contributed by atoms with van der Waals surface area (Å²) in [5.41, 5.74) is 4.21. The number of hydrogen-bond acceptors (Lipinski definition) is 5. The summed E-state index contributed by atoms with van der Waals surface area (Å²) in [4.78, 5) is 40.0. The number of carboxylic acids is 1. The van der Waals surface area contributed by atoms with Gasteiger partial charge in [0.05, 0.1) is 12.0 Å². The fourth-order valence-electron chi connectivity index (χ4n) is 5.41. The number of rotatable bonds is 12. The van der Waals surface area contributed by atoms with Crippen LogP contribution >= 0.6 is 0 Å². The Hall–Kier alpha value is -4.66. The summed E-state index contributed by atoms with van der Waals surface area (Å²) in [6.07, 6.45) is 0.380. The SMILES string of the molecule is CCN(CC)c1cc2oc(-c3ccc(F)cc3)c(C(=O)NC)c2cc1-c1cccc(C(=O)NC(CC(=O)O)CC(C)C)c1. The zero-order chi connectivity index (χ0) is 31.3. The van der Waals surface area contributed by atoms with Crippen molar-refractivity contribution in [3.63, 3.8) is 0 Å². The van der Waals surface area contributed by atoms with Crippen LogP contribution in [0.5, 0.6) is 0 Å². The normalized spacial score (nSPS) is 11.9. The third-order valence-corrected chi connectivity index (χ3v) is 7.42. The molecule has 1 atom stereocenters. The number of halogens is 1. The molecule has 3 N–H and O–H groups in total. The number of carbonyl (C=O) groups excluding carboxylic acids is 2. The molecule has 0 aliphatic heterocycles. The fourth-order valence-corrected chi connectivity index (χ4v) is 5.41. The molecule has 226 valence electrons. The lowest BCUT2D eigenvalue weighted by atomic mass is 9.96. The lowest BCUT2D eigenvalue weighted by molar-refractivity contribution is -0.137. The van der Waals surface area contributed by atoms with Crippen molar-refractivity contribution in [1.82, 2.24) is 10.6 Å². The molecule has 3 aromatic carbocycles. The molecule has 1 aromatic heterocycles. The van der Waals surface area contributed by atoms with E-state index in [4.69, 9.17) is 4.42 Å². The van der Waals surface area contributed by atoms with Crippen LogP contribution in [0.15, 0.2) is 65.1 Å². The average molecular weight is 588 g/mol. The highest BCUT2D eigenvalue weighted by Gasteiger charge is 2.25. The Morgan fingerprint density at radius 3 is 2.26 bits per heavy atom. The van der Waals surface area contributed by atoms with Gasteiger partial charge < -0.3 is 25.1 Å². The van der Waals surface area contributed by atoms with Crippen molar-refractivity contribution in [3.05, 3.63) is 77.6 Å². The first kappa shape index (κ1) is 31.3. The van der Waals surface area contributed by atoms with Gasteiger partial charge in [0.2, 0.25) is 0 Å². The van der Waals surface area contributed by atoms with Crippen molar-refractivity contribution in [1.29, 1.82) is 0 Å². The molecule has 43 heavy (non-hydrogen) atoms. The standard InChI is InChI=1S/C34H38FN3O5/c1-6-38(7-2)28-19-29-27(31(34(42)36-5)32(43-29)21-11-13-24(35)14-12-21)18-26(28)22-9-8-10-23(16-22)33(41)37-25(15-20(3)4)17-30(39)40/h8-14,16,18-20,25H,6-7,15,17H2,1-5H3,(H,36,42)(H,37,41)(H,39,40). The Morgan fingerprint density at radius 1 is 0.953 bits per heavy atom. The van der Waals surface area contributed by atoms with Crippen molar-refractivity contribution in [3.8, 4) is 22.5 Å². The molecule has 9 heteroatoms. The van der Waals surface area contributed by atoms with Crippen LogP contribution in [0.1, 0.15) is 61.3 Å². The number of carboxylic acid groups (broad SMARTS) is 1. The van der Waals surface area contributed by atoms with Crippen LogP contribution in [0.25, 0.3) is 33.4 Å². The fraction of sp³-hybridized carbons (Fsp3) is 0.324. The van der Waals surface area contributed by atoms with E-state index in [0.29, 0.717) is 52.9 Å². The van der Waals surface area contributed by atoms with Crippen molar-refractivity contribution in [2.45, 2.75) is 46.6 Å². The molecule has 0 saturated heterocycles. The number of furan rings is 1. The van der Waals surface area contributed by atoms with Gasteiger partial charge in [-0.3, -0.25) is 14.4 Å². The maximum atomic E-state index is 13.7. The molecule has 0 saturated carbocycles. The molecule has 8 nitrogen and oxygen atoms in total. The molecule has 4 rings (SSSR count). The first-order valence-corrected chi connectivity index (χ1v) is 14.5. The van der Waals surface area contributed by atoms with Crippen LogP contribution < -0.4 is 15.5 Å². The number of nitrogens with one attached hydrogen (secondary N) is 2. The Morgan fingerprint density at radius 2 is 1.65 bits per heavy atom. The number of anilines is 1. The van der Waals surface area contributed by atoms with E-state index >= 15 is 0 Å². The molecular weight excluding hydrogens is 549 g/mol. The van der Waals surface area contributed by atoms with E-state index in [2.05, 4.69) is 15.5 Å². The van der Waals surface area contributed by atoms with Crippen LogP contribution in [0.3, 0.4) is 0 Å². The monoisotopic (exact) mass is 587 g/mol. The number of nitrogens with zero attached hydrogens (tertiary/aromatic N) is 1. The number of fused-ring (bicyclic) bond motifs is 1. The van der Waals surface area contributed by atoms with E-state index in [1.807, 2.05) is 45.9 Å². The van der Waals surface area contributed by atoms with Gasteiger partial charge in [0.25, 0.3) is 11.8 Å². The summed E-state index contributed by atoms with van der Waals surface area (Å²) >= 11 is 0. The topological polar surface area (TPSA) is 112 Å². The van der Waals surface area contributed by atoms with E-state index in [0.717, 1.165) is 16.8 Å². The van der Waals surface area contributed by atoms with Gasteiger partial charge in [-0.15, -0.1) is 0 Å². The zero-order valence-electron chi connectivity index (χ0n) is 25.2. The highest BCUT2D eigenvalue weighted by molar-refractivity contribution is 6.13. The second-order valence-electron chi connectivity index (χ2n) is 10.9. The van der Waals surface area contributed by atoms with Crippen LogP contribution in [0.4, 0.5) is 10.1 Å². The summed E-state index contributed by atoms with van der Waals surface area (Å²) in [5.74, 6) is -1.52. The highest BCUT2D eigenvalue weighted by Crippen LogP contribution is 2.41. The van der Waals surface area contributed by atoms with Crippen molar-refractivity contribution in [2.24, 2.45) is 5.92 Å². The second kappa shape index (κ2) is 13.5. The summed E-state index contributed by atoms with van der Waals surface area (Å²) in [7, 11) is 1.54. The second-order valence-corrected chi connectivity index (χ2v) is 10.9. The largest absolute Gasteiger partial charge is 0.481 e. The predicted molar refractivity (Wildman–Crippen MR) is 167 cm³/mol. The van der Waals surface area contributed by atoms with Crippen molar-refractivity contribution < 1.29 is 28.3 Å². The number of amides is 2. The van der Waals surface area contributed by atoms with Crippen LogP contribution in [-0.2, 0) is 4.79 Å². The average Bonchev–Trinajstić information content (AvgIpc) is 3.35. The van der Waals surface area contributed by atoms with Gasteiger partial charge in [0.1, 0.15) is 17.2 Å². The van der Waals surface area contributed by atoms with Crippen molar-refractivity contribution >= 4 is 34.4 Å². The predicted octanol–water partition coefficient (Wildman–Crippen LogP) is 6.73. The smallest absolute Gasteiger partial charge is 0.305 e. The van der Waals surface area contributed by atoms with Gasteiger partial charge in [-0.25, -0.2) is 4.39 Å².